The normalized spacial score (nSPS) is 11.9. The van der Waals surface area contributed by atoms with Crippen molar-refractivity contribution in [2.45, 2.75) is 13.1 Å². The third kappa shape index (κ3) is 3.28. The number of phenolic OH excluding ortho intramolecular Hbond substituents is 1. The van der Waals surface area contributed by atoms with E-state index in [2.05, 4.69) is 9.97 Å². The van der Waals surface area contributed by atoms with E-state index < -0.39 is 34.7 Å². The van der Waals surface area contributed by atoms with Gasteiger partial charge in [0.15, 0.2) is 5.65 Å². The molecule has 0 bridgehead atoms. The SMILES string of the molecule is Cc1nc2cnc(-c3cccc(C(F)(F)F)c3)cn2c1-c1c(F)cc(O)cc1F. The molecule has 0 aliphatic rings. The zero-order chi connectivity index (χ0) is 20.9. The van der Waals surface area contributed by atoms with Gasteiger partial charge in [-0.2, -0.15) is 13.2 Å². The minimum absolute atomic E-state index is 0.0747. The lowest BCUT2D eigenvalue weighted by molar-refractivity contribution is -0.137. The van der Waals surface area contributed by atoms with Crippen molar-refractivity contribution in [3.8, 4) is 28.3 Å². The number of aromatic hydroxyl groups is 1. The summed E-state index contributed by atoms with van der Waals surface area (Å²) >= 11 is 0. The lowest BCUT2D eigenvalue weighted by Gasteiger charge is -2.10. The van der Waals surface area contributed by atoms with Gasteiger partial charge in [0.25, 0.3) is 0 Å². The number of imidazole rings is 1. The van der Waals surface area contributed by atoms with Crippen LogP contribution in [0.3, 0.4) is 0 Å². The van der Waals surface area contributed by atoms with E-state index in [-0.39, 0.29) is 28.3 Å². The van der Waals surface area contributed by atoms with Gasteiger partial charge < -0.3 is 5.11 Å². The summed E-state index contributed by atoms with van der Waals surface area (Å²) in [6.45, 7) is 1.54. The highest BCUT2D eigenvalue weighted by Crippen LogP contribution is 2.34. The first-order valence-electron chi connectivity index (χ1n) is 8.36. The van der Waals surface area contributed by atoms with Crippen LogP contribution in [0.25, 0.3) is 28.2 Å². The summed E-state index contributed by atoms with van der Waals surface area (Å²) in [5.74, 6) is -2.56. The van der Waals surface area contributed by atoms with Crippen LogP contribution in [0, 0.1) is 18.6 Å². The van der Waals surface area contributed by atoms with Crippen LogP contribution in [-0.4, -0.2) is 19.5 Å². The Morgan fingerprint density at radius 3 is 2.38 bits per heavy atom. The molecule has 4 rings (SSSR count). The summed E-state index contributed by atoms with van der Waals surface area (Å²) in [6, 6.07) is 6.13. The second-order valence-electron chi connectivity index (χ2n) is 6.41. The number of aryl methyl sites for hydroxylation is 1. The van der Waals surface area contributed by atoms with E-state index in [0.717, 1.165) is 24.3 Å². The molecule has 0 radical (unpaired) electrons. The minimum atomic E-state index is -4.52. The fourth-order valence-corrected chi connectivity index (χ4v) is 3.16. The van der Waals surface area contributed by atoms with E-state index in [1.165, 1.54) is 35.9 Å². The lowest BCUT2D eigenvalue weighted by atomic mass is 10.1. The van der Waals surface area contributed by atoms with Gasteiger partial charge in [0.05, 0.1) is 34.4 Å². The first-order valence-corrected chi connectivity index (χ1v) is 8.36. The first kappa shape index (κ1) is 18.9. The lowest BCUT2D eigenvalue weighted by Crippen LogP contribution is -2.04. The number of rotatable bonds is 2. The van der Waals surface area contributed by atoms with Gasteiger partial charge in [-0.25, -0.2) is 13.8 Å². The van der Waals surface area contributed by atoms with E-state index in [1.807, 2.05) is 0 Å². The highest BCUT2D eigenvalue weighted by molar-refractivity contribution is 5.70. The van der Waals surface area contributed by atoms with E-state index in [1.54, 1.807) is 0 Å². The molecule has 0 aliphatic carbocycles. The Morgan fingerprint density at radius 2 is 1.72 bits per heavy atom. The number of halogens is 5. The summed E-state index contributed by atoms with van der Waals surface area (Å²) in [6.07, 6.45) is -1.84. The summed E-state index contributed by atoms with van der Waals surface area (Å²) in [5, 5.41) is 9.38. The Bertz CT molecular complexity index is 1220. The standard InChI is InChI=1S/C20H12F5N3O/c1-10-19(18-14(21)6-13(29)7-15(18)22)28-9-16(26-8-17(28)27-10)11-3-2-4-12(5-11)20(23,24)25/h2-9,29H,1H3. The first-order chi connectivity index (χ1) is 13.6. The summed E-state index contributed by atoms with van der Waals surface area (Å²) in [5.41, 5.74) is -0.265. The van der Waals surface area contributed by atoms with Crippen molar-refractivity contribution in [3.63, 3.8) is 0 Å². The predicted octanol–water partition coefficient (Wildman–Crippen LogP) is 5.37. The Hall–Kier alpha value is -3.49. The number of hydrogen-bond acceptors (Lipinski definition) is 3. The molecule has 2 heterocycles. The highest BCUT2D eigenvalue weighted by Gasteiger charge is 2.30. The van der Waals surface area contributed by atoms with Crippen LogP contribution >= 0.6 is 0 Å². The largest absolute Gasteiger partial charge is 0.508 e. The van der Waals surface area contributed by atoms with Gasteiger partial charge in [-0.3, -0.25) is 9.38 Å². The third-order valence-corrected chi connectivity index (χ3v) is 4.43. The van der Waals surface area contributed by atoms with Crippen LogP contribution in [0.4, 0.5) is 22.0 Å². The Morgan fingerprint density at radius 1 is 1.03 bits per heavy atom. The van der Waals surface area contributed by atoms with Gasteiger partial charge in [-0.15, -0.1) is 0 Å². The smallest absolute Gasteiger partial charge is 0.416 e. The number of hydrogen-bond donors (Lipinski definition) is 1. The molecular weight excluding hydrogens is 393 g/mol. The number of phenols is 1. The molecule has 0 saturated carbocycles. The predicted molar refractivity (Wildman–Crippen MR) is 95.2 cm³/mol. The molecule has 4 aromatic rings. The van der Waals surface area contributed by atoms with Crippen molar-refractivity contribution in [2.75, 3.05) is 0 Å². The highest BCUT2D eigenvalue weighted by atomic mass is 19.4. The molecule has 0 atom stereocenters. The van der Waals surface area contributed by atoms with E-state index in [9.17, 15) is 27.1 Å². The molecule has 0 fully saturated rings. The molecule has 148 valence electrons. The van der Waals surface area contributed by atoms with Crippen LogP contribution in [0.5, 0.6) is 5.75 Å². The molecule has 2 aromatic heterocycles. The maximum Gasteiger partial charge on any atom is 0.416 e. The monoisotopic (exact) mass is 405 g/mol. The van der Waals surface area contributed by atoms with Crippen molar-refractivity contribution in [1.82, 2.24) is 14.4 Å². The number of benzene rings is 2. The topological polar surface area (TPSA) is 50.4 Å². The molecular formula is C20H12F5N3O. The van der Waals surface area contributed by atoms with Gasteiger partial charge in [-0.05, 0) is 19.1 Å². The van der Waals surface area contributed by atoms with Gasteiger partial charge in [0.2, 0.25) is 0 Å². The zero-order valence-electron chi connectivity index (χ0n) is 14.8. The molecule has 0 unspecified atom stereocenters. The van der Waals surface area contributed by atoms with E-state index in [4.69, 9.17) is 0 Å². The molecule has 9 heteroatoms. The number of alkyl halides is 3. The fraction of sp³-hybridized carbons (Fsp3) is 0.100. The third-order valence-electron chi connectivity index (χ3n) is 4.43. The maximum atomic E-state index is 14.4. The summed E-state index contributed by atoms with van der Waals surface area (Å²) < 4.78 is 69.2. The average molecular weight is 405 g/mol. The van der Waals surface area contributed by atoms with Gasteiger partial charge in [0, 0.05) is 23.9 Å². The van der Waals surface area contributed by atoms with Crippen molar-refractivity contribution < 1.29 is 27.1 Å². The van der Waals surface area contributed by atoms with Crippen LogP contribution in [0.2, 0.25) is 0 Å². The molecule has 4 nitrogen and oxygen atoms in total. The number of aromatic nitrogens is 3. The molecule has 0 amide bonds. The Kier molecular flexibility index (Phi) is 4.25. The zero-order valence-corrected chi connectivity index (χ0v) is 14.8. The number of nitrogens with zero attached hydrogens (tertiary/aromatic N) is 3. The van der Waals surface area contributed by atoms with Crippen LogP contribution in [0.1, 0.15) is 11.3 Å². The van der Waals surface area contributed by atoms with Crippen molar-refractivity contribution in [1.29, 1.82) is 0 Å². The van der Waals surface area contributed by atoms with Crippen molar-refractivity contribution >= 4 is 5.65 Å². The maximum absolute atomic E-state index is 14.4. The van der Waals surface area contributed by atoms with Gasteiger partial charge >= 0.3 is 6.18 Å². The van der Waals surface area contributed by atoms with Crippen molar-refractivity contribution in [2.24, 2.45) is 0 Å². The van der Waals surface area contributed by atoms with Crippen LogP contribution in [-0.2, 0) is 6.18 Å². The molecule has 0 spiro atoms. The second-order valence-corrected chi connectivity index (χ2v) is 6.41. The van der Waals surface area contributed by atoms with Crippen molar-refractivity contribution in [3.05, 3.63) is 71.7 Å². The van der Waals surface area contributed by atoms with Crippen LogP contribution in [0.15, 0.2) is 48.8 Å². The summed E-state index contributed by atoms with van der Waals surface area (Å²) in [4.78, 5) is 8.34. The molecule has 29 heavy (non-hydrogen) atoms. The van der Waals surface area contributed by atoms with Gasteiger partial charge in [-0.1, -0.05) is 12.1 Å². The van der Waals surface area contributed by atoms with E-state index >= 15 is 0 Å². The Labute approximate surface area is 160 Å². The fourth-order valence-electron chi connectivity index (χ4n) is 3.16. The number of fused-ring (bicyclic) bond motifs is 1. The minimum Gasteiger partial charge on any atom is -0.508 e. The molecule has 2 aromatic carbocycles. The quantitative estimate of drug-likeness (QED) is 0.456. The van der Waals surface area contributed by atoms with E-state index in [0.29, 0.717) is 0 Å². The molecule has 0 aliphatic heterocycles. The molecule has 0 saturated heterocycles. The summed E-state index contributed by atoms with van der Waals surface area (Å²) in [7, 11) is 0. The average Bonchev–Trinajstić information content (AvgIpc) is 2.96. The molecule has 1 N–H and O–H groups in total. The Balaban J connectivity index is 1.94. The second kappa shape index (κ2) is 6.54. The van der Waals surface area contributed by atoms with Gasteiger partial charge in [0.1, 0.15) is 17.4 Å². The van der Waals surface area contributed by atoms with Crippen LogP contribution < -0.4 is 0 Å².